The van der Waals surface area contributed by atoms with Gasteiger partial charge in [-0.3, -0.25) is 0 Å². The summed E-state index contributed by atoms with van der Waals surface area (Å²) in [6.45, 7) is 8.23. The maximum Gasteiger partial charge on any atom is 0.241 e. The van der Waals surface area contributed by atoms with Gasteiger partial charge >= 0.3 is 0 Å². The number of nitrogens with one attached hydrogen (secondary N) is 1. The third kappa shape index (κ3) is 3.14. The Labute approximate surface area is 124 Å². The van der Waals surface area contributed by atoms with Gasteiger partial charge in [-0.1, -0.05) is 18.2 Å². The van der Waals surface area contributed by atoms with Crippen LogP contribution in [0.2, 0.25) is 0 Å². The molecule has 1 aromatic heterocycles. The molecule has 1 N–H and O–H groups in total. The van der Waals surface area contributed by atoms with E-state index in [4.69, 9.17) is 9.47 Å². The summed E-state index contributed by atoms with van der Waals surface area (Å²) >= 11 is 0. The van der Waals surface area contributed by atoms with E-state index in [0.29, 0.717) is 12.5 Å². The molecule has 0 aliphatic carbocycles. The standard InChI is InChI=1S/C16H21N3O2/c1-11-13-6-4-5-7-14(13)15(19-18-11)20-9-12-8-17-10-16(2,3)21-12/h4-7,12,17H,8-10H2,1-3H3. The molecule has 1 fully saturated rings. The molecule has 5 heteroatoms. The summed E-state index contributed by atoms with van der Waals surface area (Å²) in [4.78, 5) is 0. The Kier molecular flexibility index (Phi) is 3.78. The van der Waals surface area contributed by atoms with Gasteiger partial charge in [0.1, 0.15) is 12.7 Å². The van der Waals surface area contributed by atoms with Crippen molar-refractivity contribution in [1.82, 2.24) is 15.5 Å². The molecule has 3 rings (SSSR count). The maximum atomic E-state index is 6.00. The van der Waals surface area contributed by atoms with Crippen LogP contribution in [-0.2, 0) is 4.74 Å². The van der Waals surface area contributed by atoms with Crippen LogP contribution in [0.4, 0.5) is 0 Å². The van der Waals surface area contributed by atoms with E-state index in [1.807, 2.05) is 31.2 Å². The Hall–Kier alpha value is -1.72. The van der Waals surface area contributed by atoms with Crippen molar-refractivity contribution >= 4 is 10.8 Å². The van der Waals surface area contributed by atoms with Crippen LogP contribution < -0.4 is 10.1 Å². The predicted octanol–water partition coefficient (Wildman–Crippen LogP) is 2.08. The fourth-order valence-corrected chi connectivity index (χ4v) is 2.65. The summed E-state index contributed by atoms with van der Waals surface area (Å²) in [6, 6.07) is 8.03. The van der Waals surface area contributed by atoms with Crippen LogP contribution in [0.1, 0.15) is 19.5 Å². The summed E-state index contributed by atoms with van der Waals surface area (Å²) in [5, 5.41) is 13.8. The third-order valence-electron chi connectivity index (χ3n) is 3.65. The normalized spacial score (nSPS) is 21.4. The number of rotatable bonds is 3. The van der Waals surface area contributed by atoms with Crippen molar-refractivity contribution in [3.63, 3.8) is 0 Å². The lowest BCUT2D eigenvalue weighted by Gasteiger charge is -2.36. The van der Waals surface area contributed by atoms with E-state index >= 15 is 0 Å². The minimum Gasteiger partial charge on any atom is -0.473 e. The van der Waals surface area contributed by atoms with Crippen molar-refractivity contribution in [2.75, 3.05) is 19.7 Å². The Balaban J connectivity index is 1.75. The van der Waals surface area contributed by atoms with Crippen molar-refractivity contribution in [2.24, 2.45) is 0 Å². The summed E-state index contributed by atoms with van der Waals surface area (Å²) in [5.41, 5.74) is 0.752. The highest BCUT2D eigenvalue weighted by atomic mass is 16.6. The number of morpholine rings is 1. The summed E-state index contributed by atoms with van der Waals surface area (Å²) < 4.78 is 11.9. The van der Waals surface area contributed by atoms with E-state index in [1.54, 1.807) is 0 Å². The molecular formula is C16H21N3O2. The maximum absolute atomic E-state index is 6.00. The van der Waals surface area contributed by atoms with Crippen LogP contribution >= 0.6 is 0 Å². The lowest BCUT2D eigenvalue weighted by molar-refractivity contribution is -0.107. The van der Waals surface area contributed by atoms with Crippen LogP contribution in [0, 0.1) is 6.92 Å². The molecule has 21 heavy (non-hydrogen) atoms. The van der Waals surface area contributed by atoms with E-state index in [1.165, 1.54) is 0 Å². The Morgan fingerprint density at radius 3 is 2.81 bits per heavy atom. The van der Waals surface area contributed by atoms with Crippen LogP contribution in [-0.4, -0.2) is 41.6 Å². The second kappa shape index (κ2) is 5.58. The van der Waals surface area contributed by atoms with Crippen molar-refractivity contribution in [3.8, 4) is 5.88 Å². The molecule has 0 radical (unpaired) electrons. The van der Waals surface area contributed by atoms with Crippen LogP contribution in [0.25, 0.3) is 10.8 Å². The Bertz CT molecular complexity index is 642. The van der Waals surface area contributed by atoms with Crippen molar-refractivity contribution in [1.29, 1.82) is 0 Å². The molecule has 2 heterocycles. The zero-order chi connectivity index (χ0) is 14.9. The Morgan fingerprint density at radius 2 is 2.05 bits per heavy atom. The number of aryl methyl sites for hydroxylation is 1. The van der Waals surface area contributed by atoms with Crippen molar-refractivity contribution in [3.05, 3.63) is 30.0 Å². The van der Waals surface area contributed by atoms with Gasteiger partial charge in [0, 0.05) is 23.9 Å². The number of hydrogen-bond acceptors (Lipinski definition) is 5. The fraction of sp³-hybridized carbons (Fsp3) is 0.500. The Morgan fingerprint density at radius 1 is 1.29 bits per heavy atom. The molecule has 1 unspecified atom stereocenters. The van der Waals surface area contributed by atoms with Gasteiger partial charge in [0.15, 0.2) is 0 Å². The molecule has 1 aromatic carbocycles. The second-order valence-corrected chi connectivity index (χ2v) is 6.08. The number of ether oxygens (including phenoxy) is 2. The summed E-state index contributed by atoms with van der Waals surface area (Å²) in [5.74, 6) is 0.572. The number of benzene rings is 1. The number of fused-ring (bicyclic) bond motifs is 1. The summed E-state index contributed by atoms with van der Waals surface area (Å²) in [7, 11) is 0. The van der Waals surface area contributed by atoms with Gasteiger partial charge in [0.2, 0.25) is 5.88 Å². The highest BCUT2D eigenvalue weighted by Gasteiger charge is 2.28. The lowest BCUT2D eigenvalue weighted by Crippen LogP contribution is -2.52. The molecule has 112 valence electrons. The molecule has 0 amide bonds. The average Bonchev–Trinajstić information content (AvgIpc) is 2.46. The summed E-state index contributed by atoms with van der Waals surface area (Å²) in [6.07, 6.45) is 0.0237. The zero-order valence-electron chi connectivity index (χ0n) is 12.7. The lowest BCUT2D eigenvalue weighted by atomic mass is 10.1. The van der Waals surface area contributed by atoms with E-state index < -0.39 is 0 Å². The van der Waals surface area contributed by atoms with Gasteiger partial charge < -0.3 is 14.8 Å². The molecule has 0 saturated carbocycles. The first-order chi connectivity index (χ1) is 10.1. The highest BCUT2D eigenvalue weighted by Crippen LogP contribution is 2.24. The molecule has 2 aromatic rings. The molecule has 1 aliphatic heterocycles. The SMILES string of the molecule is Cc1nnc(OCC2CNCC(C)(C)O2)c2ccccc12. The number of nitrogens with zero attached hydrogens (tertiary/aromatic N) is 2. The van der Waals surface area contributed by atoms with Crippen molar-refractivity contribution < 1.29 is 9.47 Å². The molecule has 1 saturated heterocycles. The average molecular weight is 287 g/mol. The molecule has 0 spiro atoms. The predicted molar refractivity (Wildman–Crippen MR) is 81.6 cm³/mol. The van der Waals surface area contributed by atoms with Gasteiger partial charge in [-0.2, -0.15) is 5.10 Å². The van der Waals surface area contributed by atoms with E-state index in [2.05, 4.69) is 29.4 Å². The van der Waals surface area contributed by atoms with Crippen LogP contribution in [0.3, 0.4) is 0 Å². The molecule has 1 atom stereocenters. The zero-order valence-corrected chi connectivity index (χ0v) is 12.7. The smallest absolute Gasteiger partial charge is 0.241 e. The topological polar surface area (TPSA) is 56.3 Å². The van der Waals surface area contributed by atoms with Gasteiger partial charge in [-0.05, 0) is 26.8 Å². The number of aromatic nitrogens is 2. The van der Waals surface area contributed by atoms with Gasteiger partial charge in [-0.25, -0.2) is 0 Å². The van der Waals surface area contributed by atoms with Gasteiger partial charge in [0.05, 0.1) is 11.3 Å². The van der Waals surface area contributed by atoms with Crippen LogP contribution in [0.5, 0.6) is 5.88 Å². The van der Waals surface area contributed by atoms with Gasteiger partial charge in [0.25, 0.3) is 0 Å². The van der Waals surface area contributed by atoms with Crippen molar-refractivity contribution in [2.45, 2.75) is 32.5 Å². The van der Waals surface area contributed by atoms with E-state index in [0.717, 1.165) is 29.6 Å². The minimum atomic E-state index is -0.159. The highest BCUT2D eigenvalue weighted by molar-refractivity contribution is 5.88. The second-order valence-electron chi connectivity index (χ2n) is 6.08. The third-order valence-corrected chi connectivity index (χ3v) is 3.65. The first-order valence-electron chi connectivity index (χ1n) is 7.28. The first-order valence-corrected chi connectivity index (χ1v) is 7.28. The fourth-order valence-electron chi connectivity index (χ4n) is 2.65. The van der Waals surface area contributed by atoms with E-state index in [9.17, 15) is 0 Å². The monoisotopic (exact) mass is 287 g/mol. The van der Waals surface area contributed by atoms with Gasteiger partial charge in [-0.15, -0.1) is 5.10 Å². The molecule has 1 aliphatic rings. The largest absolute Gasteiger partial charge is 0.473 e. The van der Waals surface area contributed by atoms with E-state index in [-0.39, 0.29) is 11.7 Å². The molecule has 0 bridgehead atoms. The quantitative estimate of drug-likeness (QED) is 0.936. The first kappa shape index (κ1) is 14.2. The minimum absolute atomic E-state index is 0.0237. The molecular weight excluding hydrogens is 266 g/mol. The number of hydrogen-bond donors (Lipinski definition) is 1. The molecule has 5 nitrogen and oxygen atoms in total. The van der Waals surface area contributed by atoms with Crippen LogP contribution in [0.15, 0.2) is 24.3 Å².